The fraction of sp³-hybridized carbons (Fsp3) is 0.308. The third kappa shape index (κ3) is 3.31. The van der Waals surface area contributed by atoms with Gasteiger partial charge in [-0.2, -0.15) is 0 Å². The average molecular weight is 325 g/mol. The van der Waals surface area contributed by atoms with Crippen molar-refractivity contribution in [3.63, 3.8) is 0 Å². The van der Waals surface area contributed by atoms with Crippen molar-refractivity contribution in [2.45, 2.75) is 32.2 Å². The second-order valence-corrected chi connectivity index (χ2v) is 6.52. The first kappa shape index (κ1) is 16.1. The largest absolute Gasteiger partial charge is 0.444 e. The van der Waals surface area contributed by atoms with Crippen molar-refractivity contribution in [2.75, 3.05) is 0 Å². The van der Waals surface area contributed by atoms with E-state index in [1.54, 1.807) is 13.8 Å². The molecule has 0 aliphatic rings. The van der Waals surface area contributed by atoms with E-state index in [0.29, 0.717) is 17.0 Å². The Morgan fingerprint density at radius 3 is 2.50 bits per heavy atom. The third-order valence-corrected chi connectivity index (χ3v) is 4.71. The van der Waals surface area contributed by atoms with Crippen molar-refractivity contribution in [3.8, 4) is 0 Å². The number of rotatable bonds is 5. The molecule has 0 fully saturated rings. The molecule has 2 rings (SSSR count). The van der Waals surface area contributed by atoms with Gasteiger partial charge in [0, 0.05) is 12.1 Å². The standard InChI is InChI=1S/C13H15N3O5S/c1-8-6-11(16(17)18)4-5-12(8)22(19,20)14-7-13-15-9(2)10(3)21-13/h4-6,14H,7H2,1-3H3. The Hall–Kier alpha value is -2.26. The van der Waals surface area contributed by atoms with E-state index in [1.807, 2.05) is 0 Å². The Morgan fingerprint density at radius 1 is 1.32 bits per heavy atom. The zero-order chi connectivity index (χ0) is 16.5. The second-order valence-electron chi connectivity index (χ2n) is 4.78. The highest BCUT2D eigenvalue weighted by atomic mass is 32.2. The van der Waals surface area contributed by atoms with Gasteiger partial charge < -0.3 is 4.42 Å². The molecule has 0 saturated carbocycles. The Kier molecular flexibility index (Phi) is 4.29. The minimum absolute atomic E-state index is 0.0156. The van der Waals surface area contributed by atoms with Gasteiger partial charge in [0.05, 0.1) is 22.1 Å². The first-order valence-electron chi connectivity index (χ1n) is 6.38. The van der Waals surface area contributed by atoms with E-state index in [4.69, 9.17) is 4.42 Å². The first-order valence-corrected chi connectivity index (χ1v) is 7.86. The number of aromatic nitrogens is 1. The highest BCUT2D eigenvalue weighted by Gasteiger charge is 2.20. The number of oxazole rings is 1. The van der Waals surface area contributed by atoms with Crippen LogP contribution in [0.4, 0.5) is 5.69 Å². The van der Waals surface area contributed by atoms with Crippen LogP contribution in [0.3, 0.4) is 0 Å². The molecule has 9 heteroatoms. The third-order valence-electron chi connectivity index (χ3n) is 3.15. The highest BCUT2D eigenvalue weighted by Crippen LogP contribution is 2.21. The normalized spacial score (nSPS) is 11.6. The zero-order valence-corrected chi connectivity index (χ0v) is 13.1. The van der Waals surface area contributed by atoms with Crippen LogP contribution in [0.15, 0.2) is 27.5 Å². The van der Waals surface area contributed by atoms with Crippen LogP contribution in [-0.4, -0.2) is 18.3 Å². The summed E-state index contributed by atoms with van der Waals surface area (Å²) in [5, 5.41) is 10.7. The van der Waals surface area contributed by atoms with Crippen LogP contribution >= 0.6 is 0 Å². The number of hydrogen-bond donors (Lipinski definition) is 1. The molecule has 0 unspecified atom stereocenters. The molecule has 2 aromatic rings. The molecule has 22 heavy (non-hydrogen) atoms. The highest BCUT2D eigenvalue weighted by molar-refractivity contribution is 7.89. The van der Waals surface area contributed by atoms with E-state index in [9.17, 15) is 18.5 Å². The summed E-state index contributed by atoms with van der Waals surface area (Å²) in [6, 6.07) is 3.58. The lowest BCUT2D eigenvalue weighted by molar-refractivity contribution is -0.385. The van der Waals surface area contributed by atoms with E-state index in [0.717, 1.165) is 6.07 Å². The first-order chi connectivity index (χ1) is 10.2. The molecular weight excluding hydrogens is 310 g/mol. The molecule has 118 valence electrons. The molecule has 1 aromatic carbocycles. The number of nitrogens with one attached hydrogen (secondary N) is 1. The van der Waals surface area contributed by atoms with Gasteiger partial charge in [-0.05, 0) is 32.4 Å². The maximum atomic E-state index is 12.2. The Bertz CT molecular complexity index is 807. The van der Waals surface area contributed by atoms with Crippen LogP contribution in [0.1, 0.15) is 22.9 Å². The molecule has 1 N–H and O–H groups in total. The van der Waals surface area contributed by atoms with Gasteiger partial charge >= 0.3 is 0 Å². The summed E-state index contributed by atoms with van der Waals surface area (Å²) >= 11 is 0. The number of sulfonamides is 1. The van der Waals surface area contributed by atoms with Crippen molar-refractivity contribution in [1.82, 2.24) is 9.71 Å². The van der Waals surface area contributed by atoms with E-state index in [2.05, 4.69) is 9.71 Å². The summed E-state index contributed by atoms with van der Waals surface area (Å²) < 4.78 is 32.2. The Morgan fingerprint density at radius 2 is 2.00 bits per heavy atom. The van der Waals surface area contributed by atoms with Crippen LogP contribution < -0.4 is 4.72 Å². The van der Waals surface area contributed by atoms with Gasteiger partial charge in [0.2, 0.25) is 15.9 Å². The lowest BCUT2D eigenvalue weighted by Crippen LogP contribution is -2.24. The quantitative estimate of drug-likeness (QED) is 0.664. The van der Waals surface area contributed by atoms with Crippen LogP contribution in [0.25, 0.3) is 0 Å². The number of nitrogens with zero attached hydrogens (tertiary/aromatic N) is 2. The summed E-state index contributed by atoms with van der Waals surface area (Å²) in [5.74, 6) is 0.888. The van der Waals surface area contributed by atoms with E-state index >= 15 is 0 Å². The molecular formula is C13H15N3O5S. The lowest BCUT2D eigenvalue weighted by atomic mass is 10.2. The molecule has 1 aromatic heterocycles. The maximum Gasteiger partial charge on any atom is 0.269 e. The minimum Gasteiger partial charge on any atom is -0.444 e. The van der Waals surface area contributed by atoms with E-state index < -0.39 is 14.9 Å². The number of non-ortho nitro benzene ring substituents is 1. The molecule has 0 bridgehead atoms. The Labute approximate surface area is 127 Å². The van der Waals surface area contributed by atoms with Gasteiger partial charge in [0.15, 0.2) is 0 Å². The van der Waals surface area contributed by atoms with Crippen molar-refractivity contribution >= 4 is 15.7 Å². The monoisotopic (exact) mass is 325 g/mol. The van der Waals surface area contributed by atoms with E-state index in [1.165, 1.54) is 19.1 Å². The number of aryl methyl sites for hydroxylation is 3. The smallest absolute Gasteiger partial charge is 0.269 e. The molecule has 0 atom stereocenters. The van der Waals surface area contributed by atoms with Crippen LogP contribution in [0.5, 0.6) is 0 Å². The molecule has 0 aliphatic carbocycles. The lowest BCUT2D eigenvalue weighted by Gasteiger charge is -2.07. The zero-order valence-electron chi connectivity index (χ0n) is 12.3. The summed E-state index contributed by atoms with van der Waals surface area (Å²) in [6.45, 7) is 4.91. The molecule has 8 nitrogen and oxygen atoms in total. The number of hydrogen-bond acceptors (Lipinski definition) is 6. The molecule has 1 heterocycles. The van der Waals surface area contributed by atoms with E-state index in [-0.39, 0.29) is 23.0 Å². The van der Waals surface area contributed by atoms with Crippen LogP contribution in [-0.2, 0) is 16.6 Å². The molecule has 0 amide bonds. The summed E-state index contributed by atoms with van der Waals surface area (Å²) in [7, 11) is -3.81. The summed E-state index contributed by atoms with van der Waals surface area (Å²) in [5.41, 5.74) is 0.831. The number of nitro groups is 1. The van der Waals surface area contributed by atoms with Crippen molar-refractivity contribution in [1.29, 1.82) is 0 Å². The molecule has 0 aliphatic heterocycles. The predicted molar refractivity (Wildman–Crippen MR) is 77.8 cm³/mol. The number of benzene rings is 1. The molecule has 0 radical (unpaired) electrons. The van der Waals surface area contributed by atoms with Crippen LogP contribution in [0, 0.1) is 30.9 Å². The minimum atomic E-state index is -3.81. The van der Waals surface area contributed by atoms with Gasteiger partial charge in [-0.15, -0.1) is 0 Å². The van der Waals surface area contributed by atoms with Gasteiger partial charge in [0.25, 0.3) is 5.69 Å². The number of nitro benzene ring substituents is 1. The second kappa shape index (κ2) is 5.85. The van der Waals surface area contributed by atoms with Crippen molar-refractivity contribution in [2.24, 2.45) is 0 Å². The van der Waals surface area contributed by atoms with Gasteiger partial charge in [0.1, 0.15) is 5.76 Å². The summed E-state index contributed by atoms with van der Waals surface area (Å²) in [4.78, 5) is 14.2. The average Bonchev–Trinajstić information content (AvgIpc) is 2.75. The fourth-order valence-electron chi connectivity index (χ4n) is 1.90. The Balaban J connectivity index is 2.21. The maximum absolute atomic E-state index is 12.2. The fourth-order valence-corrected chi connectivity index (χ4v) is 3.10. The predicted octanol–water partition coefficient (Wildman–Crippen LogP) is 1.99. The SMILES string of the molecule is Cc1cc([N+](=O)[O-])ccc1S(=O)(=O)NCc1nc(C)c(C)o1. The molecule has 0 spiro atoms. The topological polar surface area (TPSA) is 115 Å². The van der Waals surface area contributed by atoms with Crippen molar-refractivity contribution in [3.05, 3.63) is 51.2 Å². The van der Waals surface area contributed by atoms with Gasteiger partial charge in [-0.25, -0.2) is 18.1 Å². The van der Waals surface area contributed by atoms with Gasteiger partial charge in [-0.3, -0.25) is 10.1 Å². The van der Waals surface area contributed by atoms with Crippen LogP contribution in [0.2, 0.25) is 0 Å². The van der Waals surface area contributed by atoms with Gasteiger partial charge in [-0.1, -0.05) is 0 Å². The molecule has 0 saturated heterocycles. The summed E-state index contributed by atoms with van der Waals surface area (Å²) in [6.07, 6.45) is 0. The van der Waals surface area contributed by atoms with Crippen molar-refractivity contribution < 1.29 is 17.8 Å².